The molecule has 5 nitrogen and oxygen atoms in total. The summed E-state index contributed by atoms with van der Waals surface area (Å²) in [4.78, 5) is 11.2. The van der Waals surface area contributed by atoms with Gasteiger partial charge in [-0.15, -0.1) is 0 Å². The summed E-state index contributed by atoms with van der Waals surface area (Å²) in [6.45, 7) is 0.178. The quantitative estimate of drug-likeness (QED) is 0.799. The first-order valence-corrected chi connectivity index (χ1v) is 6.47. The Morgan fingerprint density at radius 3 is 2.95 bits per heavy atom. The molecule has 0 atom stereocenters. The van der Waals surface area contributed by atoms with E-state index in [2.05, 4.69) is 25.8 Å². The van der Waals surface area contributed by atoms with Crippen LogP contribution >= 0.6 is 27.5 Å². The molecule has 0 aliphatic heterocycles. The molecule has 19 heavy (non-hydrogen) atoms. The Bertz CT molecular complexity index is 600. The SMILES string of the molecule is COC(=O)c1ccn(COc2ccc(Cl)cc2Br)n1. The molecule has 0 N–H and O–H groups in total. The first-order chi connectivity index (χ1) is 9.10. The number of esters is 1. The van der Waals surface area contributed by atoms with E-state index < -0.39 is 5.97 Å². The zero-order valence-corrected chi connectivity index (χ0v) is 12.3. The molecule has 0 fully saturated rings. The molecule has 7 heteroatoms. The number of rotatable bonds is 4. The van der Waals surface area contributed by atoms with E-state index in [0.29, 0.717) is 10.8 Å². The number of hydrogen-bond acceptors (Lipinski definition) is 4. The van der Waals surface area contributed by atoms with Gasteiger partial charge in [0.25, 0.3) is 0 Å². The van der Waals surface area contributed by atoms with Crippen molar-refractivity contribution in [3.05, 3.63) is 45.7 Å². The summed E-state index contributed by atoms with van der Waals surface area (Å²) in [5.74, 6) is 0.158. The number of hydrogen-bond donors (Lipinski definition) is 0. The van der Waals surface area contributed by atoms with Gasteiger partial charge in [-0.2, -0.15) is 5.10 Å². The minimum atomic E-state index is -0.480. The average Bonchev–Trinajstić information content (AvgIpc) is 2.85. The Balaban J connectivity index is 2.02. The maximum Gasteiger partial charge on any atom is 0.358 e. The Hall–Kier alpha value is -1.53. The highest BCUT2D eigenvalue weighted by atomic mass is 79.9. The molecular formula is C12H10BrClN2O3. The summed E-state index contributed by atoms with van der Waals surface area (Å²) in [7, 11) is 1.31. The normalized spacial score (nSPS) is 10.3. The summed E-state index contributed by atoms with van der Waals surface area (Å²) >= 11 is 9.18. The van der Waals surface area contributed by atoms with Crippen molar-refractivity contribution < 1.29 is 14.3 Å². The van der Waals surface area contributed by atoms with Crippen LogP contribution in [0.5, 0.6) is 5.75 Å². The van der Waals surface area contributed by atoms with Crippen LogP contribution in [0, 0.1) is 0 Å². The Morgan fingerprint density at radius 2 is 2.26 bits per heavy atom. The number of carbonyl (C=O) groups excluding carboxylic acids is 1. The van der Waals surface area contributed by atoms with E-state index in [4.69, 9.17) is 16.3 Å². The molecule has 2 rings (SSSR count). The molecular weight excluding hydrogens is 335 g/mol. The second-order valence-corrected chi connectivity index (χ2v) is 4.87. The lowest BCUT2D eigenvalue weighted by atomic mass is 10.3. The van der Waals surface area contributed by atoms with Crippen LogP contribution in [0.25, 0.3) is 0 Å². The Labute approximate surface area is 123 Å². The highest BCUT2D eigenvalue weighted by molar-refractivity contribution is 9.10. The number of methoxy groups -OCH3 is 1. The van der Waals surface area contributed by atoms with E-state index in [0.717, 1.165) is 4.47 Å². The number of benzene rings is 1. The predicted molar refractivity (Wildman–Crippen MR) is 73.3 cm³/mol. The zero-order valence-electron chi connectivity index (χ0n) is 9.97. The van der Waals surface area contributed by atoms with Gasteiger partial charge in [-0.1, -0.05) is 11.6 Å². The van der Waals surface area contributed by atoms with Crippen molar-refractivity contribution in [1.82, 2.24) is 9.78 Å². The molecule has 0 spiro atoms. The molecule has 1 aromatic heterocycles. The van der Waals surface area contributed by atoms with Gasteiger partial charge in [0.05, 0.1) is 11.6 Å². The number of aromatic nitrogens is 2. The highest BCUT2D eigenvalue weighted by Gasteiger charge is 2.09. The van der Waals surface area contributed by atoms with Gasteiger partial charge >= 0.3 is 5.97 Å². The topological polar surface area (TPSA) is 53.4 Å². The molecule has 2 aromatic rings. The van der Waals surface area contributed by atoms with Crippen molar-refractivity contribution in [2.45, 2.75) is 6.73 Å². The predicted octanol–water partition coefficient (Wildman–Crippen LogP) is 3.12. The Kier molecular flexibility index (Phi) is 4.44. The van der Waals surface area contributed by atoms with Crippen molar-refractivity contribution in [1.29, 1.82) is 0 Å². The minimum absolute atomic E-state index is 0.178. The van der Waals surface area contributed by atoms with Gasteiger partial charge in [0.15, 0.2) is 12.4 Å². The van der Waals surface area contributed by atoms with Crippen molar-refractivity contribution in [2.24, 2.45) is 0 Å². The van der Waals surface area contributed by atoms with Crippen LogP contribution in [-0.4, -0.2) is 22.9 Å². The molecule has 0 aliphatic rings. The third-order valence-electron chi connectivity index (χ3n) is 2.28. The summed E-state index contributed by atoms with van der Waals surface area (Å²) in [6.07, 6.45) is 1.63. The van der Waals surface area contributed by atoms with Crippen molar-refractivity contribution in [3.8, 4) is 5.75 Å². The van der Waals surface area contributed by atoms with E-state index in [-0.39, 0.29) is 12.4 Å². The first-order valence-electron chi connectivity index (χ1n) is 5.30. The van der Waals surface area contributed by atoms with Gasteiger partial charge in [0.2, 0.25) is 0 Å². The lowest BCUT2D eigenvalue weighted by molar-refractivity contribution is 0.0592. The summed E-state index contributed by atoms with van der Waals surface area (Å²) in [5.41, 5.74) is 0.237. The fourth-order valence-corrected chi connectivity index (χ4v) is 2.17. The van der Waals surface area contributed by atoms with E-state index in [1.54, 1.807) is 30.5 Å². The standard InChI is InChI=1S/C12H10BrClN2O3/c1-18-12(17)10-4-5-16(15-10)7-19-11-3-2-8(14)6-9(11)13/h2-6H,7H2,1H3. The second-order valence-electron chi connectivity index (χ2n) is 3.58. The molecule has 0 saturated carbocycles. The average molecular weight is 346 g/mol. The van der Waals surface area contributed by atoms with Crippen LogP contribution in [0.1, 0.15) is 10.5 Å². The molecule has 0 unspecified atom stereocenters. The van der Waals surface area contributed by atoms with Crippen molar-refractivity contribution in [2.75, 3.05) is 7.11 Å². The fourth-order valence-electron chi connectivity index (χ4n) is 1.37. The van der Waals surface area contributed by atoms with Crippen molar-refractivity contribution in [3.63, 3.8) is 0 Å². The molecule has 0 aliphatic carbocycles. The number of nitrogens with zero attached hydrogens (tertiary/aromatic N) is 2. The summed E-state index contributed by atoms with van der Waals surface area (Å²) in [6, 6.07) is 6.77. The van der Waals surface area contributed by atoms with Gasteiger partial charge in [0, 0.05) is 11.2 Å². The molecule has 0 bridgehead atoms. The molecule has 0 saturated heterocycles. The maximum absolute atomic E-state index is 11.2. The van der Waals surface area contributed by atoms with Gasteiger partial charge in [-0.05, 0) is 40.2 Å². The highest BCUT2D eigenvalue weighted by Crippen LogP contribution is 2.28. The summed E-state index contributed by atoms with van der Waals surface area (Å²) < 4.78 is 12.4. The number of carbonyl (C=O) groups is 1. The van der Waals surface area contributed by atoms with Crippen LogP contribution < -0.4 is 4.74 Å². The fraction of sp³-hybridized carbons (Fsp3) is 0.167. The third-order valence-corrected chi connectivity index (χ3v) is 3.14. The monoisotopic (exact) mass is 344 g/mol. The molecule has 100 valence electrons. The lowest BCUT2D eigenvalue weighted by Gasteiger charge is -2.08. The van der Waals surface area contributed by atoms with Crippen molar-refractivity contribution >= 4 is 33.5 Å². The largest absolute Gasteiger partial charge is 0.470 e. The van der Waals surface area contributed by atoms with Crippen LogP contribution in [0.2, 0.25) is 5.02 Å². The molecule has 1 aromatic carbocycles. The van der Waals surface area contributed by atoms with Crippen LogP contribution in [0.15, 0.2) is 34.9 Å². The third kappa shape index (κ3) is 3.48. The smallest absolute Gasteiger partial charge is 0.358 e. The number of ether oxygens (including phenoxy) is 2. The van der Waals surface area contributed by atoms with E-state index in [9.17, 15) is 4.79 Å². The molecule has 0 radical (unpaired) electrons. The molecule has 0 amide bonds. The van der Waals surface area contributed by atoms with Gasteiger partial charge in [0.1, 0.15) is 5.75 Å². The van der Waals surface area contributed by atoms with E-state index in [1.807, 2.05) is 0 Å². The first kappa shape index (κ1) is 13.9. The Morgan fingerprint density at radius 1 is 1.47 bits per heavy atom. The van der Waals surface area contributed by atoms with E-state index in [1.165, 1.54) is 11.8 Å². The van der Waals surface area contributed by atoms with Crippen LogP contribution in [0.4, 0.5) is 0 Å². The molecule has 1 heterocycles. The van der Waals surface area contributed by atoms with Gasteiger partial charge < -0.3 is 9.47 Å². The lowest BCUT2D eigenvalue weighted by Crippen LogP contribution is -2.08. The zero-order chi connectivity index (χ0) is 13.8. The maximum atomic E-state index is 11.2. The second kappa shape index (κ2) is 6.08. The van der Waals surface area contributed by atoms with Crippen LogP contribution in [-0.2, 0) is 11.5 Å². The van der Waals surface area contributed by atoms with Gasteiger partial charge in [-0.3, -0.25) is 0 Å². The minimum Gasteiger partial charge on any atom is -0.470 e. The van der Waals surface area contributed by atoms with Crippen LogP contribution in [0.3, 0.4) is 0 Å². The number of halogens is 2. The van der Waals surface area contributed by atoms with Gasteiger partial charge in [-0.25, -0.2) is 9.48 Å². The summed E-state index contributed by atoms with van der Waals surface area (Å²) in [5, 5.41) is 4.64. The van der Waals surface area contributed by atoms with E-state index >= 15 is 0 Å².